The van der Waals surface area contributed by atoms with E-state index in [9.17, 15) is 4.79 Å². The lowest BCUT2D eigenvalue weighted by Crippen LogP contribution is -2.33. The summed E-state index contributed by atoms with van der Waals surface area (Å²) in [5, 5.41) is 0. The van der Waals surface area contributed by atoms with E-state index in [1.165, 1.54) is 0 Å². The number of benzene rings is 1. The van der Waals surface area contributed by atoms with E-state index in [4.69, 9.17) is 0 Å². The molecule has 21 heavy (non-hydrogen) atoms. The van der Waals surface area contributed by atoms with Gasteiger partial charge in [-0.25, -0.2) is 4.98 Å². The molecule has 5 nitrogen and oxygen atoms in total. The van der Waals surface area contributed by atoms with Crippen molar-refractivity contribution in [1.82, 2.24) is 14.9 Å². The van der Waals surface area contributed by atoms with Gasteiger partial charge in [0.05, 0.1) is 6.54 Å². The summed E-state index contributed by atoms with van der Waals surface area (Å²) in [5.41, 5.74) is 0.957. The molecule has 0 radical (unpaired) electrons. The maximum atomic E-state index is 12.4. The molecule has 1 amide bonds. The monoisotopic (exact) mass is 286 g/mol. The van der Waals surface area contributed by atoms with Crippen LogP contribution < -0.4 is 4.90 Å². The molecule has 112 valence electrons. The number of nitrogens with one attached hydrogen (secondary N) is 1. The van der Waals surface area contributed by atoms with E-state index >= 15 is 0 Å². The molecule has 0 fully saturated rings. The largest absolute Gasteiger partial charge is 0.348 e. The van der Waals surface area contributed by atoms with Gasteiger partial charge >= 0.3 is 0 Å². The van der Waals surface area contributed by atoms with Gasteiger partial charge in [0.15, 0.2) is 0 Å². The van der Waals surface area contributed by atoms with Crippen LogP contribution in [0.1, 0.15) is 19.2 Å². The first-order valence-corrected chi connectivity index (χ1v) is 7.23. The van der Waals surface area contributed by atoms with Gasteiger partial charge in [-0.3, -0.25) is 9.69 Å². The van der Waals surface area contributed by atoms with Crippen LogP contribution in [0.15, 0.2) is 42.7 Å². The van der Waals surface area contributed by atoms with Crippen molar-refractivity contribution in [2.75, 3.05) is 25.0 Å². The maximum absolute atomic E-state index is 12.4. The second kappa shape index (κ2) is 7.59. The van der Waals surface area contributed by atoms with Gasteiger partial charge in [0.2, 0.25) is 5.91 Å². The number of carbonyl (C=O) groups excluding carboxylic acids is 1. The molecule has 0 aliphatic carbocycles. The summed E-state index contributed by atoms with van der Waals surface area (Å²) >= 11 is 0. The Labute approximate surface area is 125 Å². The van der Waals surface area contributed by atoms with E-state index in [1.54, 1.807) is 6.20 Å². The zero-order chi connectivity index (χ0) is 15.1. The predicted octanol–water partition coefficient (Wildman–Crippen LogP) is 2.28. The number of rotatable bonds is 7. The summed E-state index contributed by atoms with van der Waals surface area (Å²) in [6, 6.07) is 9.80. The van der Waals surface area contributed by atoms with Crippen LogP contribution in [0.4, 0.5) is 5.69 Å². The maximum Gasteiger partial charge on any atom is 0.228 e. The molecular formula is C16H22N4O. The normalized spacial score (nSPS) is 10.8. The number of hydrogen-bond donors (Lipinski definition) is 1. The Morgan fingerprint density at radius 3 is 2.67 bits per heavy atom. The van der Waals surface area contributed by atoms with E-state index in [0.717, 1.165) is 18.1 Å². The van der Waals surface area contributed by atoms with Crippen LogP contribution in [0.2, 0.25) is 0 Å². The summed E-state index contributed by atoms with van der Waals surface area (Å²) < 4.78 is 0. The molecular weight excluding hydrogens is 264 g/mol. The highest BCUT2D eigenvalue weighted by Gasteiger charge is 2.14. The van der Waals surface area contributed by atoms with E-state index in [0.29, 0.717) is 19.5 Å². The zero-order valence-corrected chi connectivity index (χ0v) is 12.6. The molecule has 0 spiro atoms. The second-order valence-corrected chi connectivity index (χ2v) is 5.00. The Morgan fingerprint density at radius 2 is 2.05 bits per heavy atom. The molecule has 0 saturated heterocycles. The Kier molecular flexibility index (Phi) is 5.51. The molecule has 5 heteroatoms. The Morgan fingerprint density at radius 1 is 1.29 bits per heavy atom. The standard InChI is InChI=1S/C16H22N4O/c1-3-20(14-7-5-4-6-8-14)16(21)9-12-19(2)13-15-17-10-11-18-15/h4-8,10-11H,3,9,12-13H2,1-2H3,(H,17,18). The van der Waals surface area contributed by atoms with Crippen molar-refractivity contribution in [3.8, 4) is 0 Å². The zero-order valence-electron chi connectivity index (χ0n) is 12.6. The number of aromatic nitrogens is 2. The van der Waals surface area contributed by atoms with Crippen LogP contribution in [0.5, 0.6) is 0 Å². The minimum absolute atomic E-state index is 0.148. The highest BCUT2D eigenvalue weighted by Crippen LogP contribution is 2.14. The smallest absolute Gasteiger partial charge is 0.228 e. The summed E-state index contributed by atoms with van der Waals surface area (Å²) in [6.07, 6.45) is 4.05. The number of imidazole rings is 1. The molecule has 0 saturated carbocycles. The van der Waals surface area contributed by atoms with Crippen LogP contribution in [0.25, 0.3) is 0 Å². The van der Waals surface area contributed by atoms with Crippen molar-refractivity contribution in [3.05, 3.63) is 48.5 Å². The van der Waals surface area contributed by atoms with Crippen LogP contribution in [0, 0.1) is 0 Å². The van der Waals surface area contributed by atoms with Crippen LogP contribution in [-0.4, -0.2) is 40.9 Å². The molecule has 2 aromatic rings. The molecule has 0 unspecified atom stereocenters. The first kappa shape index (κ1) is 15.3. The van der Waals surface area contributed by atoms with Crippen molar-refractivity contribution in [2.24, 2.45) is 0 Å². The number of H-pyrrole nitrogens is 1. The second-order valence-electron chi connectivity index (χ2n) is 5.00. The number of anilines is 1. The van der Waals surface area contributed by atoms with Gasteiger partial charge in [-0.15, -0.1) is 0 Å². The minimum atomic E-state index is 0.148. The van der Waals surface area contributed by atoms with Crippen molar-refractivity contribution in [2.45, 2.75) is 19.9 Å². The van der Waals surface area contributed by atoms with E-state index in [2.05, 4.69) is 14.9 Å². The molecule has 1 aromatic heterocycles. The van der Waals surface area contributed by atoms with Gasteiger partial charge in [0.25, 0.3) is 0 Å². The lowest BCUT2D eigenvalue weighted by atomic mass is 10.2. The van der Waals surface area contributed by atoms with E-state index in [1.807, 2.05) is 55.4 Å². The van der Waals surface area contributed by atoms with Gasteiger partial charge < -0.3 is 9.88 Å². The van der Waals surface area contributed by atoms with Gasteiger partial charge in [0.1, 0.15) is 5.82 Å². The topological polar surface area (TPSA) is 52.2 Å². The first-order valence-electron chi connectivity index (χ1n) is 7.23. The molecule has 0 atom stereocenters. The van der Waals surface area contributed by atoms with Crippen LogP contribution >= 0.6 is 0 Å². The lowest BCUT2D eigenvalue weighted by molar-refractivity contribution is -0.118. The molecule has 1 N–H and O–H groups in total. The Balaban J connectivity index is 1.85. The van der Waals surface area contributed by atoms with Crippen molar-refractivity contribution >= 4 is 11.6 Å². The van der Waals surface area contributed by atoms with Crippen molar-refractivity contribution in [1.29, 1.82) is 0 Å². The summed E-state index contributed by atoms with van der Waals surface area (Å²) in [4.78, 5) is 23.5. The number of aromatic amines is 1. The SMILES string of the molecule is CCN(C(=O)CCN(C)Cc1ncc[nH]1)c1ccccc1. The Bertz CT molecular complexity index is 539. The fourth-order valence-corrected chi connectivity index (χ4v) is 2.25. The number of nitrogens with zero attached hydrogens (tertiary/aromatic N) is 3. The summed E-state index contributed by atoms with van der Waals surface area (Å²) in [5.74, 6) is 1.07. The molecule has 1 aromatic carbocycles. The van der Waals surface area contributed by atoms with E-state index in [-0.39, 0.29) is 5.91 Å². The lowest BCUT2D eigenvalue weighted by Gasteiger charge is -2.22. The van der Waals surface area contributed by atoms with Crippen LogP contribution in [0.3, 0.4) is 0 Å². The summed E-state index contributed by atoms with van der Waals surface area (Å²) in [7, 11) is 1.99. The molecule has 0 bridgehead atoms. The average Bonchev–Trinajstić information content (AvgIpc) is 3.00. The third-order valence-corrected chi connectivity index (χ3v) is 3.37. The number of carbonyl (C=O) groups is 1. The highest BCUT2D eigenvalue weighted by molar-refractivity contribution is 5.93. The van der Waals surface area contributed by atoms with Gasteiger partial charge in [-0.2, -0.15) is 0 Å². The number of amides is 1. The molecule has 0 aliphatic heterocycles. The first-order chi connectivity index (χ1) is 10.2. The fourth-order valence-electron chi connectivity index (χ4n) is 2.25. The van der Waals surface area contributed by atoms with Crippen molar-refractivity contribution < 1.29 is 4.79 Å². The third kappa shape index (κ3) is 4.43. The predicted molar refractivity (Wildman–Crippen MR) is 84.0 cm³/mol. The van der Waals surface area contributed by atoms with Crippen molar-refractivity contribution in [3.63, 3.8) is 0 Å². The van der Waals surface area contributed by atoms with Gasteiger partial charge in [-0.05, 0) is 26.1 Å². The average molecular weight is 286 g/mol. The number of hydrogen-bond acceptors (Lipinski definition) is 3. The van der Waals surface area contributed by atoms with E-state index < -0.39 is 0 Å². The van der Waals surface area contributed by atoms with Gasteiger partial charge in [-0.1, -0.05) is 18.2 Å². The quantitative estimate of drug-likeness (QED) is 0.849. The molecule has 0 aliphatic rings. The highest BCUT2D eigenvalue weighted by atomic mass is 16.2. The fraction of sp³-hybridized carbons (Fsp3) is 0.375. The third-order valence-electron chi connectivity index (χ3n) is 3.37. The number of para-hydroxylation sites is 1. The minimum Gasteiger partial charge on any atom is -0.348 e. The molecule has 1 heterocycles. The molecule has 2 rings (SSSR count). The van der Waals surface area contributed by atoms with Crippen LogP contribution in [-0.2, 0) is 11.3 Å². The summed E-state index contributed by atoms with van der Waals surface area (Å²) in [6.45, 7) is 4.11. The Hall–Kier alpha value is -2.14. The van der Waals surface area contributed by atoms with Gasteiger partial charge in [0, 0.05) is 37.6 Å².